The highest BCUT2D eigenvalue weighted by Gasteiger charge is 2.19. The van der Waals surface area contributed by atoms with Gasteiger partial charge < -0.3 is 9.72 Å². The van der Waals surface area contributed by atoms with Crippen LogP contribution in [0.25, 0.3) is 11.4 Å². The average Bonchev–Trinajstić information content (AvgIpc) is 2.79. The largest absolute Gasteiger partial charge is 0.423 e. The number of hydrogen-bond acceptors (Lipinski definition) is 5. The monoisotopic (exact) mass is 338 g/mol. The minimum Gasteiger partial charge on any atom is -0.423 e. The van der Waals surface area contributed by atoms with Crippen LogP contribution in [0.1, 0.15) is 27.4 Å². The predicted octanol–water partition coefficient (Wildman–Crippen LogP) is 2.31. The Balaban J connectivity index is 1.92. The molecule has 0 atom stereocenters. The highest BCUT2D eigenvalue weighted by Crippen LogP contribution is 2.22. The van der Waals surface area contributed by atoms with Crippen molar-refractivity contribution in [2.45, 2.75) is 20.8 Å². The van der Waals surface area contributed by atoms with Gasteiger partial charge in [0.2, 0.25) is 0 Å². The smallest absolute Gasteiger partial charge is 0.347 e. The van der Waals surface area contributed by atoms with Crippen LogP contribution in [0.2, 0.25) is 0 Å². The third-order valence-corrected chi connectivity index (χ3v) is 3.90. The third-order valence-electron chi connectivity index (χ3n) is 3.90. The molecular formula is C18H18N4O3. The Bertz CT molecular complexity index is 1020. The molecule has 0 radical (unpaired) electrons. The van der Waals surface area contributed by atoms with E-state index in [1.54, 1.807) is 49.8 Å². The molecule has 7 heteroatoms. The molecule has 2 aromatic heterocycles. The summed E-state index contributed by atoms with van der Waals surface area (Å²) in [6.45, 7) is 5.33. The Labute approximate surface area is 144 Å². The fourth-order valence-electron chi connectivity index (χ4n) is 2.65. The summed E-state index contributed by atoms with van der Waals surface area (Å²) in [5.74, 6) is 0.330. The lowest BCUT2D eigenvalue weighted by atomic mass is 10.2. The molecule has 0 unspecified atom stereocenters. The van der Waals surface area contributed by atoms with Crippen LogP contribution in [0.4, 0.5) is 0 Å². The minimum atomic E-state index is -0.467. The van der Waals surface area contributed by atoms with Crippen LogP contribution in [0.5, 0.6) is 5.75 Å². The first kappa shape index (κ1) is 16.6. The van der Waals surface area contributed by atoms with E-state index in [4.69, 9.17) is 4.74 Å². The molecule has 128 valence electrons. The van der Waals surface area contributed by atoms with Gasteiger partial charge in [0.05, 0.1) is 5.69 Å². The van der Waals surface area contributed by atoms with E-state index in [0.717, 1.165) is 5.69 Å². The van der Waals surface area contributed by atoms with Crippen LogP contribution in [0.15, 0.2) is 35.1 Å². The van der Waals surface area contributed by atoms with Crippen LogP contribution < -0.4 is 10.3 Å². The molecule has 1 aromatic carbocycles. The zero-order valence-electron chi connectivity index (χ0n) is 14.5. The number of aromatic amines is 1. The first-order valence-electron chi connectivity index (χ1n) is 7.76. The quantitative estimate of drug-likeness (QED) is 0.585. The Morgan fingerprint density at radius 3 is 2.60 bits per heavy atom. The number of carbonyl (C=O) groups is 1. The molecule has 7 nitrogen and oxygen atoms in total. The summed E-state index contributed by atoms with van der Waals surface area (Å²) in [7, 11) is 1.78. The van der Waals surface area contributed by atoms with Gasteiger partial charge in [-0.05, 0) is 32.9 Å². The van der Waals surface area contributed by atoms with Gasteiger partial charge in [0.25, 0.3) is 5.56 Å². The van der Waals surface area contributed by atoms with E-state index in [1.807, 2.05) is 6.92 Å². The highest BCUT2D eigenvalue weighted by atomic mass is 16.5. The van der Waals surface area contributed by atoms with Crippen molar-refractivity contribution in [2.24, 2.45) is 7.05 Å². The molecule has 0 saturated carbocycles. The number of aromatic nitrogens is 4. The maximum Gasteiger partial charge on any atom is 0.347 e. The average molecular weight is 338 g/mol. The maximum absolute atomic E-state index is 12.5. The SMILES string of the molecule is Cc1cc(=O)[nH]c(-c2cccc(OC(=O)c3c(C)nn(C)c3C)c2)n1. The summed E-state index contributed by atoms with van der Waals surface area (Å²) in [6.07, 6.45) is 0. The zero-order chi connectivity index (χ0) is 18.1. The van der Waals surface area contributed by atoms with Gasteiger partial charge >= 0.3 is 5.97 Å². The van der Waals surface area contributed by atoms with Gasteiger partial charge in [-0.2, -0.15) is 5.10 Å². The van der Waals surface area contributed by atoms with Crippen LogP contribution in [-0.4, -0.2) is 25.7 Å². The number of aryl methyl sites for hydroxylation is 3. The van der Waals surface area contributed by atoms with E-state index in [-0.39, 0.29) is 5.56 Å². The van der Waals surface area contributed by atoms with Crippen molar-refractivity contribution in [3.05, 3.63) is 63.3 Å². The number of rotatable bonds is 3. The van der Waals surface area contributed by atoms with Crippen molar-refractivity contribution in [3.8, 4) is 17.1 Å². The molecule has 0 bridgehead atoms. The maximum atomic E-state index is 12.5. The lowest BCUT2D eigenvalue weighted by Gasteiger charge is -2.07. The zero-order valence-corrected chi connectivity index (χ0v) is 14.5. The molecule has 0 saturated heterocycles. The summed E-state index contributed by atoms with van der Waals surface area (Å²) in [5, 5.41) is 4.22. The molecule has 3 rings (SSSR count). The van der Waals surface area contributed by atoms with E-state index in [1.165, 1.54) is 6.07 Å². The second-order valence-corrected chi connectivity index (χ2v) is 5.82. The number of esters is 1. The molecule has 0 aliphatic rings. The summed E-state index contributed by atoms with van der Waals surface area (Å²) >= 11 is 0. The summed E-state index contributed by atoms with van der Waals surface area (Å²) in [4.78, 5) is 31.1. The van der Waals surface area contributed by atoms with E-state index >= 15 is 0 Å². The van der Waals surface area contributed by atoms with Crippen LogP contribution in [0, 0.1) is 20.8 Å². The Morgan fingerprint density at radius 2 is 1.96 bits per heavy atom. The topological polar surface area (TPSA) is 89.9 Å². The van der Waals surface area contributed by atoms with Gasteiger partial charge in [0.1, 0.15) is 17.1 Å². The number of carbonyl (C=O) groups excluding carboxylic acids is 1. The first-order chi connectivity index (χ1) is 11.8. The Morgan fingerprint density at radius 1 is 1.20 bits per heavy atom. The fraction of sp³-hybridized carbons (Fsp3) is 0.222. The lowest BCUT2D eigenvalue weighted by molar-refractivity contribution is 0.0733. The van der Waals surface area contributed by atoms with Crippen molar-refractivity contribution in [1.29, 1.82) is 0 Å². The van der Waals surface area contributed by atoms with Crippen molar-refractivity contribution in [2.75, 3.05) is 0 Å². The lowest BCUT2D eigenvalue weighted by Crippen LogP contribution is -2.11. The van der Waals surface area contributed by atoms with Crippen LogP contribution in [0.3, 0.4) is 0 Å². The first-order valence-corrected chi connectivity index (χ1v) is 7.76. The number of nitrogens with one attached hydrogen (secondary N) is 1. The molecule has 25 heavy (non-hydrogen) atoms. The minimum absolute atomic E-state index is 0.230. The normalized spacial score (nSPS) is 10.7. The van der Waals surface area contributed by atoms with E-state index in [0.29, 0.717) is 34.1 Å². The number of H-pyrrole nitrogens is 1. The fourth-order valence-corrected chi connectivity index (χ4v) is 2.65. The van der Waals surface area contributed by atoms with E-state index in [9.17, 15) is 9.59 Å². The molecule has 0 amide bonds. The van der Waals surface area contributed by atoms with Crippen LogP contribution >= 0.6 is 0 Å². The Hall–Kier alpha value is -3.22. The second-order valence-electron chi connectivity index (χ2n) is 5.82. The van der Waals surface area contributed by atoms with Gasteiger partial charge in [-0.1, -0.05) is 12.1 Å². The van der Waals surface area contributed by atoms with Crippen molar-refractivity contribution in [1.82, 2.24) is 19.7 Å². The molecule has 0 aliphatic heterocycles. The second kappa shape index (κ2) is 6.35. The van der Waals surface area contributed by atoms with Gasteiger partial charge in [-0.25, -0.2) is 9.78 Å². The molecular weight excluding hydrogens is 320 g/mol. The number of nitrogens with zero attached hydrogens (tertiary/aromatic N) is 3. The summed E-state index contributed by atoms with van der Waals surface area (Å²) in [6, 6.07) is 8.28. The molecule has 2 heterocycles. The molecule has 0 aliphatic carbocycles. The predicted molar refractivity (Wildman–Crippen MR) is 92.7 cm³/mol. The number of benzene rings is 1. The molecule has 0 fully saturated rings. The van der Waals surface area contributed by atoms with Crippen molar-refractivity contribution >= 4 is 5.97 Å². The van der Waals surface area contributed by atoms with Gasteiger partial charge in [0.15, 0.2) is 0 Å². The molecule has 0 spiro atoms. The van der Waals surface area contributed by atoms with Gasteiger partial charge in [-0.15, -0.1) is 0 Å². The van der Waals surface area contributed by atoms with Crippen LogP contribution in [-0.2, 0) is 7.05 Å². The molecule has 1 N–H and O–H groups in total. The number of ether oxygens (including phenoxy) is 1. The summed E-state index contributed by atoms with van der Waals surface area (Å²) in [5.41, 5.74) is 2.85. The van der Waals surface area contributed by atoms with E-state index < -0.39 is 5.97 Å². The highest BCUT2D eigenvalue weighted by molar-refractivity contribution is 5.93. The van der Waals surface area contributed by atoms with Crippen molar-refractivity contribution in [3.63, 3.8) is 0 Å². The Kier molecular flexibility index (Phi) is 4.22. The van der Waals surface area contributed by atoms with Crippen molar-refractivity contribution < 1.29 is 9.53 Å². The summed E-state index contributed by atoms with van der Waals surface area (Å²) < 4.78 is 7.13. The molecule has 3 aromatic rings. The van der Waals surface area contributed by atoms with Gasteiger partial charge in [-0.3, -0.25) is 9.48 Å². The standard InChI is InChI=1S/C18H18N4O3/c1-10-8-15(23)20-17(19-10)13-6-5-7-14(9-13)25-18(24)16-11(2)21-22(4)12(16)3/h5-9H,1-4H3,(H,19,20,23). The third kappa shape index (κ3) is 3.35. The van der Waals surface area contributed by atoms with Gasteiger partial charge in [0, 0.05) is 30.1 Å². The van der Waals surface area contributed by atoms with E-state index in [2.05, 4.69) is 15.1 Å². The number of hydrogen-bond donors (Lipinski definition) is 1.